The summed E-state index contributed by atoms with van der Waals surface area (Å²) in [5, 5.41) is 3.57. The van der Waals surface area contributed by atoms with Crippen molar-refractivity contribution in [1.29, 1.82) is 0 Å². The van der Waals surface area contributed by atoms with E-state index in [-0.39, 0.29) is 17.7 Å². The molecule has 0 aliphatic heterocycles. The third-order valence-corrected chi connectivity index (χ3v) is 3.26. The first-order chi connectivity index (χ1) is 7.95. The fourth-order valence-electron chi connectivity index (χ4n) is 1.93. The summed E-state index contributed by atoms with van der Waals surface area (Å²) in [5.74, 6) is 0.500. The van der Waals surface area contributed by atoms with E-state index in [0.717, 1.165) is 19.3 Å². The number of hydrogen-bond donors (Lipinski definition) is 1. The molecule has 0 unspecified atom stereocenters. The van der Waals surface area contributed by atoms with Crippen molar-refractivity contribution < 1.29 is 17.7 Å². The Morgan fingerprint density at radius 1 is 1.35 bits per heavy atom. The van der Waals surface area contributed by atoms with Crippen LogP contribution in [0.15, 0.2) is 4.52 Å². The number of aryl methyl sites for hydroxylation is 1. The fourth-order valence-corrected chi connectivity index (χ4v) is 1.93. The first kappa shape index (κ1) is 12.3. The van der Waals surface area contributed by atoms with Crippen molar-refractivity contribution in [2.75, 3.05) is 6.54 Å². The van der Waals surface area contributed by atoms with Crippen LogP contribution in [0.5, 0.6) is 0 Å². The molecule has 1 aromatic rings. The molecule has 1 saturated carbocycles. The van der Waals surface area contributed by atoms with Gasteiger partial charge < -0.3 is 10.3 Å². The molecular formula is C10H14F3N3O. The summed E-state index contributed by atoms with van der Waals surface area (Å²) >= 11 is 0. The fraction of sp³-hybridized carbons (Fsp3) is 0.800. The van der Waals surface area contributed by atoms with E-state index in [1.165, 1.54) is 0 Å². The zero-order valence-electron chi connectivity index (χ0n) is 9.26. The van der Waals surface area contributed by atoms with Crippen molar-refractivity contribution in [3.05, 3.63) is 11.7 Å². The van der Waals surface area contributed by atoms with E-state index in [1.807, 2.05) is 0 Å². The number of nitrogens with two attached hydrogens (primary N) is 1. The molecule has 0 radical (unpaired) electrons. The van der Waals surface area contributed by atoms with Gasteiger partial charge in [-0.25, -0.2) is 0 Å². The molecule has 17 heavy (non-hydrogen) atoms. The Morgan fingerprint density at radius 2 is 2.06 bits per heavy atom. The SMILES string of the molecule is NCC1(c2nc(CCC(F)(F)F)no2)CCC1. The van der Waals surface area contributed by atoms with E-state index >= 15 is 0 Å². The predicted molar refractivity (Wildman–Crippen MR) is 53.3 cm³/mol. The Balaban J connectivity index is 2.01. The molecule has 0 aromatic carbocycles. The minimum atomic E-state index is -4.19. The minimum Gasteiger partial charge on any atom is -0.339 e. The normalized spacial score (nSPS) is 19.1. The van der Waals surface area contributed by atoms with Crippen LogP contribution in [0.2, 0.25) is 0 Å². The molecule has 0 atom stereocenters. The van der Waals surface area contributed by atoms with Gasteiger partial charge in [-0.15, -0.1) is 0 Å². The highest BCUT2D eigenvalue weighted by molar-refractivity contribution is 5.11. The lowest BCUT2D eigenvalue weighted by Gasteiger charge is -2.36. The minimum absolute atomic E-state index is 0.108. The van der Waals surface area contributed by atoms with Gasteiger partial charge in [-0.05, 0) is 12.8 Å². The average molecular weight is 249 g/mol. The highest BCUT2D eigenvalue weighted by Gasteiger charge is 2.42. The highest BCUT2D eigenvalue weighted by Crippen LogP contribution is 2.41. The van der Waals surface area contributed by atoms with Crippen molar-refractivity contribution in [2.45, 2.75) is 43.7 Å². The van der Waals surface area contributed by atoms with Crippen LogP contribution in [0, 0.1) is 0 Å². The maximum absolute atomic E-state index is 12.0. The topological polar surface area (TPSA) is 64.9 Å². The number of nitrogens with zero attached hydrogens (tertiary/aromatic N) is 2. The summed E-state index contributed by atoms with van der Waals surface area (Å²) in [6, 6.07) is 0. The van der Waals surface area contributed by atoms with E-state index in [4.69, 9.17) is 10.3 Å². The lowest BCUT2D eigenvalue weighted by Crippen LogP contribution is -2.41. The molecule has 0 bridgehead atoms. The molecule has 1 aliphatic carbocycles. The molecule has 2 rings (SSSR count). The molecule has 0 saturated heterocycles. The number of aromatic nitrogens is 2. The number of halogens is 3. The standard InChI is InChI=1S/C10H14F3N3O/c11-10(12,13)5-2-7-15-8(17-16-7)9(6-14)3-1-4-9/h1-6,14H2. The van der Waals surface area contributed by atoms with Crippen LogP contribution in [0.3, 0.4) is 0 Å². The van der Waals surface area contributed by atoms with E-state index in [1.54, 1.807) is 0 Å². The Kier molecular flexibility index (Phi) is 3.11. The van der Waals surface area contributed by atoms with Crippen LogP contribution in [-0.2, 0) is 11.8 Å². The summed E-state index contributed by atoms with van der Waals surface area (Å²) in [5.41, 5.74) is 5.36. The van der Waals surface area contributed by atoms with Crippen molar-refractivity contribution in [3.8, 4) is 0 Å². The van der Waals surface area contributed by atoms with Gasteiger partial charge in [0.2, 0.25) is 5.89 Å². The summed E-state index contributed by atoms with van der Waals surface area (Å²) in [7, 11) is 0. The van der Waals surface area contributed by atoms with Gasteiger partial charge in [0, 0.05) is 13.0 Å². The van der Waals surface area contributed by atoms with E-state index in [0.29, 0.717) is 12.4 Å². The third kappa shape index (κ3) is 2.59. The zero-order valence-corrected chi connectivity index (χ0v) is 9.26. The monoisotopic (exact) mass is 249 g/mol. The van der Waals surface area contributed by atoms with Gasteiger partial charge in [0.1, 0.15) is 0 Å². The van der Waals surface area contributed by atoms with Gasteiger partial charge in [0.15, 0.2) is 5.82 Å². The summed E-state index contributed by atoms with van der Waals surface area (Å²) < 4.78 is 41.1. The van der Waals surface area contributed by atoms with E-state index in [2.05, 4.69) is 10.1 Å². The first-order valence-electron chi connectivity index (χ1n) is 5.55. The van der Waals surface area contributed by atoms with Crippen LogP contribution < -0.4 is 5.73 Å². The van der Waals surface area contributed by atoms with Gasteiger partial charge in [0.05, 0.1) is 11.8 Å². The highest BCUT2D eigenvalue weighted by atomic mass is 19.4. The zero-order chi connectivity index (χ0) is 12.5. The number of rotatable bonds is 4. The molecule has 96 valence electrons. The first-order valence-corrected chi connectivity index (χ1v) is 5.55. The molecule has 4 nitrogen and oxygen atoms in total. The summed E-state index contributed by atoms with van der Waals surface area (Å²) in [6.45, 7) is 0.397. The molecular weight excluding hydrogens is 235 g/mol. The number of hydrogen-bond acceptors (Lipinski definition) is 4. The van der Waals surface area contributed by atoms with Crippen molar-refractivity contribution in [2.24, 2.45) is 5.73 Å². The van der Waals surface area contributed by atoms with Gasteiger partial charge in [-0.2, -0.15) is 18.2 Å². The Labute approximate surface area is 96.4 Å². The second-order valence-electron chi connectivity index (χ2n) is 4.47. The second-order valence-corrected chi connectivity index (χ2v) is 4.47. The molecule has 1 aliphatic rings. The molecule has 0 spiro atoms. The predicted octanol–water partition coefficient (Wildman–Crippen LogP) is 1.94. The summed E-state index contributed by atoms with van der Waals surface area (Å²) in [6.07, 6.45) is -2.59. The molecule has 7 heteroatoms. The molecule has 1 fully saturated rings. The molecule has 1 aromatic heterocycles. The lowest BCUT2D eigenvalue weighted by molar-refractivity contribution is -0.134. The van der Waals surface area contributed by atoms with Crippen LogP contribution in [0.4, 0.5) is 13.2 Å². The van der Waals surface area contributed by atoms with Crippen molar-refractivity contribution in [1.82, 2.24) is 10.1 Å². The van der Waals surface area contributed by atoms with Gasteiger partial charge >= 0.3 is 6.18 Å². The van der Waals surface area contributed by atoms with Crippen molar-refractivity contribution >= 4 is 0 Å². The Hall–Kier alpha value is -1.11. The Bertz CT molecular complexity index is 379. The average Bonchev–Trinajstić information content (AvgIpc) is 2.62. The quantitative estimate of drug-likeness (QED) is 0.885. The maximum atomic E-state index is 12.0. The summed E-state index contributed by atoms with van der Waals surface area (Å²) in [4.78, 5) is 4.02. The van der Waals surface area contributed by atoms with E-state index in [9.17, 15) is 13.2 Å². The van der Waals surface area contributed by atoms with E-state index < -0.39 is 12.6 Å². The smallest absolute Gasteiger partial charge is 0.339 e. The Morgan fingerprint density at radius 3 is 2.53 bits per heavy atom. The third-order valence-electron chi connectivity index (χ3n) is 3.26. The van der Waals surface area contributed by atoms with Crippen molar-refractivity contribution in [3.63, 3.8) is 0 Å². The van der Waals surface area contributed by atoms with Crippen LogP contribution in [-0.4, -0.2) is 22.9 Å². The van der Waals surface area contributed by atoms with Crippen LogP contribution in [0.25, 0.3) is 0 Å². The molecule has 1 heterocycles. The largest absolute Gasteiger partial charge is 0.389 e. The second kappa shape index (κ2) is 4.29. The van der Waals surface area contributed by atoms with Gasteiger partial charge in [-0.3, -0.25) is 0 Å². The van der Waals surface area contributed by atoms with Crippen LogP contribution >= 0.6 is 0 Å². The number of alkyl halides is 3. The molecule has 2 N–H and O–H groups in total. The van der Waals surface area contributed by atoms with Gasteiger partial charge in [0.25, 0.3) is 0 Å². The van der Waals surface area contributed by atoms with Gasteiger partial charge in [-0.1, -0.05) is 11.6 Å². The van der Waals surface area contributed by atoms with Crippen LogP contribution in [0.1, 0.15) is 37.4 Å². The lowest BCUT2D eigenvalue weighted by atomic mass is 9.69. The maximum Gasteiger partial charge on any atom is 0.389 e. The molecule has 0 amide bonds.